The summed E-state index contributed by atoms with van der Waals surface area (Å²) in [4.78, 5) is 24.8. The number of nitrogens with one attached hydrogen (secondary N) is 2. The SMILES string of the molecule is C[C@H](NC(=O)C(C)(F)F)[C@H](Oc1ccc2c(cnn2-c2cccc(C(=O)NC3CCS(O)(O)C3)c2)c1)c1ccccc1. The van der Waals surface area contributed by atoms with Gasteiger partial charge in [0.25, 0.3) is 11.8 Å². The Balaban J connectivity index is 1.36. The molecule has 4 aromatic rings. The molecule has 0 bridgehead atoms. The molecule has 3 atom stereocenters. The largest absolute Gasteiger partial charge is 0.484 e. The Labute approximate surface area is 243 Å². The monoisotopic (exact) mass is 598 g/mol. The van der Waals surface area contributed by atoms with Crippen molar-refractivity contribution in [2.45, 2.75) is 44.4 Å². The Bertz CT molecular complexity index is 1590. The van der Waals surface area contributed by atoms with Crippen LogP contribution in [0.4, 0.5) is 8.78 Å². The minimum absolute atomic E-state index is 0.161. The van der Waals surface area contributed by atoms with Crippen LogP contribution in [-0.4, -0.2) is 60.2 Å². The van der Waals surface area contributed by atoms with Gasteiger partial charge < -0.3 is 15.4 Å². The Kier molecular flexibility index (Phi) is 8.22. The van der Waals surface area contributed by atoms with Crippen molar-refractivity contribution in [2.24, 2.45) is 0 Å². The minimum atomic E-state index is -3.52. The fraction of sp³-hybridized carbons (Fsp3) is 0.300. The minimum Gasteiger partial charge on any atom is -0.484 e. The van der Waals surface area contributed by atoms with Crippen LogP contribution in [0.2, 0.25) is 0 Å². The van der Waals surface area contributed by atoms with Crippen LogP contribution in [0.3, 0.4) is 0 Å². The topological polar surface area (TPSA) is 126 Å². The predicted octanol–water partition coefficient (Wildman–Crippen LogP) is 5.56. The number of carbonyl (C=O) groups excluding carboxylic acids is 2. The molecule has 2 heterocycles. The summed E-state index contributed by atoms with van der Waals surface area (Å²) in [5.74, 6) is -4.31. The lowest BCUT2D eigenvalue weighted by Crippen LogP contribution is -2.46. The van der Waals surface area contributed by atoms with Gasteiger partial charge in [-0.1, -0.05) is 36.4 Å². The summed E-state index contributed by atoms with van der Waals surface area (Å²) in [7, 11) is -2.62. The van der Waals surface area contributed by atoms with E-state index in [9.17, 15) is 27.5 Å². The maximum absolute atomic E-state index is 13.6. The molecule has 1 fully saturated rings. The lowest BCUT2D eigenvalue weighted by Gasteiger charge is -2.27. The number of amides is 2. The average molecular weight is 599 g/mol. The molecule has 3 aromatic carbocycles. The van der Waals surface area contributed by atoms with Crippen LogP contribution in [0.1, 0.15) is 42.3 Å². The molecule has 1 saturated heterocycles. The highest BCUT2D eigenvalue weighted by molar-refractivity contribution is 8.24. The van der Waals surface area contributed by atoms with Crippen LogP contribution in [0.5, 0.6) is 5.75 Å². The number of benzene rings is 3. The lowest BCUT2D eigenvalue weighted by molar-refractivity contribution is -0.144. The van der Waals surface area contributed by atoms with Crippen molar-refractivity contribution in [1.82, 2.24) is 20.4 Å². The number of rotatable bonds is 9. The Hall–Kier alpha value is -4.00. The molecular formula is C30H32F2N4O5S. The third kappa shape index (κ3) is 6.72. The zero-order valence-corrected chi connectivity index (χ0v) is 23.9. The first-order valence-corrected chi connectivity index (χ1v) is 15.3. The Morgan fingerprint density at radius 1 is 1.10 bits per heavy atom. The van der Waals surface area contributed by atoms with E-state index in [0.29, 0.717) is 35.9 Å². The van der Waals surface area contributed by atoms with Crippen LogP contribution >= 0.6 is 10.6 Å². The summed E-state index contributed by atoms with van der Waals surface area (Å²) < 4.78 is 54.8. The Morgan fingerprint density at radius 2 is 1.86 bits per heavy atom. The molecule has 42 heavy (non-hydrogen) atoms. The van der Waals surface area contributed by atoms with E-state index in [1.165, 1.54) is 0 Å². The Morgan fingerprint density at radius 3 is 2.55 bits per heavy atom. The second kappa shape index (κ2) is 11.7. The highest BCUT2D eigenvalue weighted by Crippen LogP contribution is 2.45. The third-order valence-corrected chi connectivity index (χ3v) is 8.92. The molecule has 12 heteroatoms. The van der Waals surface area contributed by atoms with Crippen LogP contribution in [0.25, 0.3) is 16.6 Å². The van der Waals surface area contributed by atoms with Crippen molar-refractivity contribution in [3.63, 3.8) is 0 Å². The van der Waals surface area contributed by atoms with Crippen molar-refractivity contribution in [3.05, 3.63) is 90.1 Å². The van der Waals surface area contributed by atoms with Gasteiger partial charge in [0, 0.05) is 29.7 Å². The van der Waals surface area contributed by atoms with E-state index in [1.807, 2.05) is 12.1 Å². The van der Waals surface area contributed by atoms with E-state index in [4.69, 9.17) is 4.74 Å². The standard InChI is InChI=1S/C30H32F2N4O5S/c1-19(34-29(38)30(2,31)32)27(20-7-4-3-5-8-20)41-25-11-12-26-22(16-25)17-33-36(26)24-10-6-9-21(15-24)28(37)35-23-13-14-42(39,40)18-23/h3-12,15-17,19,23,27,39-40H,13-14,18H2,1-2H3,(H,34,38)(H,35,37)/t19-,23?,27-/m0/s1. The lowest BCUT2D eigenvalue weighted by atomic mass is 10.0. The maximum Gasteiger partial charge on any atom is 0.321 e. The van der Waals surface area contributed by atoms with Gasteiger partial charge >= 0.3 is 5.92 Å². The number of alkyl halides is 2. The van der Waals surface area contributed by atoms with Crippen molar-refractivity contribution in [1.29, 1.82) is 0 Å². The number of nitrogens with zero attached hydrogens (tertiary/aromatic N) is 2. The quantitative estimate of drug-likeness (QED) is 0.200. The average Bonchev–Trinajstić information content (AvgIpc) is 3.53. The number of halogens is 2. The van der Waals surface area contributed by atoms with Crippen molar-refractivity contribution < 1.29 is 32.2 Å². The van der Waals surface area contributed by atoms with E-state index in [0.717, 1.165) is 10.9 Å². The number of aromatic nitrogens is 2. The summed E-state index contributed by atoms with van der Waals surface area (Å²) in [6.45, 7) is 2.16. The van der Waals surface area contributed by atoms with Gasteiger partial charge in [-0.3, -0.25) is 18.7 Å². The molecular weight excluding hydrogens is 566 g/mol. The van der Waals surface area contributed by atoms with E-state index in [1.54, 1.807) is 78.5 Å². The van der Waals surface area contributed by atoms with Gasteiger partial charge in [0.2, 0.25) is 0 Å². The first kappa shape index (κ1) is 29.5. The number of ether oxygens (including phenoxy) is 1. The first-order valence-electron chi connectivity index (χ1n) is 13.4. The summed E-state index contributed by atoms with van der Waals surface area (Å²) in [5.41, 5.74) is 2.52. The van der Waals surface area contributed by atoms with Gasteiger partial charge in [-0.15, -0.1) is 0 Å². The molecule has 0 radical (unpaired) electrons. The fourth-order valence-corrected chi connectivity index (χ4v) is 6.65. The van der Waals surface area contributed by atoms with Crippen molar-refractivity contribution in [2.75, 3.05) is 11.5 Å². The molecule has 1 aliphatic heterocycles. The molecule has 5 rings (SSSR count). The fourth-order valence-electron chi connectivity index (χ4n) is 4.93. The molecule has 1 aromatic heterocycles. The van der Waals surface area contributed by atoms with Gasteiger partial charge in [0.15, 0.2) is 0 Å². The highest BCUT2D eigenvalue weighted by atomic mass is 32.3. The predicted molar refractivity (Wildman–Crippen MR) is 158 cm³/mol. The van der Waals surface area contributed by atoms with E-state index in [2.05, 4.69) is 15.7 Å². The van der Waals surface area contributed by atoms with Gasteiger partial charge in [0.05, 0.1) is 29.2 Å². The van der Waals surface area contributed by atoms with Crippen molar-refractivity contribution >= 4 is 33.3 Å². The van der Waals surface area contributed by atoms with Gasteiger partial charge in [0.1, 0.15) is 11.9 Å². The van der Waals surface area contributed by atoms with E-state index in [-0.39, 0.29) is 23.5 Å². The van der Waals surface area contributed by atoms with Gasteiger partial charge in [-0.05, 0) is 55.3 Å². The molecule has 222 valence electrons. The number of hydrogen-bond donors (Lipinski definition) is 4. The smallest absolute Gasteiger partial charge is 0.321 e. The molecule has 0 saturated carbocycles. The van der Waals surface area contributed by atoms with Gasteiger partial charge in [-0.2, -0.15) is 24.5 Å². The van der Waals surface area contributed by atoms with E-state index >= 15 is 0 Å². The van der Waals surface area contributed by atoms with E-state index < -0.39 is 34.6 Å². The van der Waals surface area contributed by atoms with Crippen LogP contribution in [0.15, 0.2) is 79.0 Å². The van der Waals surface area contributed by atoms with Crippen LogP contribution in [-0.2, 0) is 4.79 Å². The summed E-state index contributed by atoms with van der Waals surface area (Å²) in [5, 5.41) is 10.5. The third-order valence-electron chi connectivity index (χ3n) is 7.09. The zero-order chi connectivity index (χ0) is 30.1. The number of hydrogen-bond acceptors (Lipinski definition) is 6. The second-order valence-corrected chi connectivity index (χ2v) is 12.9. The first-order chi connectivity index (χ1) is 19.9. The molecule has 0 aliphatic carbocycles. The van der Waals surface area contributed by atoms with Crippen LogP contribution in [0, 0.1) is 0 Å². The maximum atomic E-state index is 13.6. The number of fused-ring (bicyclic) bond motifs is 1. The molecule has 1 aliphatic rings. The number of carbonyl (C=O) groups is 2. The normalized spacial score (nSPS) is 18.7. The van der Waals surface area contributed by atoms with Gasteiger partial charge in [-0.25, -0.2) is 4.68 Å². The molecule has 1 unspecified atom stereocenters. The summed E-state index contributed by atoms with van der Waals surface area (Å²) in [6.07, 6.45) is 1.42. The van der Waals surface area contributed by atoms with Crippen LogP contribution < -0.4 is 15.4 Å². The highest BCUT2D eigenvalue weighted by Gasteiger charge is 2.35. The van der Waals surface area contributed by atoms with Crippen molar-refractivity contribution in [3.8, 4) is 11.4 Å². The summed E-state index contributed by atoms with van der Waals surface area (Å²) >= 11 is 0. The molecule has 4 N–H and O–H groups in total. The zero-order valence-electron chi connectivity index (χ0n) is 23.0. The molecule has 2 amide bonds. The molecule has 9 nitrogen and oxygen atoms in total. The molecule has 0 spiro atoms. The second-order valence-electron chi connectivity index (χ2n) is 10.6. The summed E-state index contributed by atoms with van der Waals surface area (Å²) in [6, 6.07) is 20.2.